The molecule has 1 rings (SSSR count). The first-order valence-corrected chi connectivity index (χ1v) is 3.99. The Morgan fingerprint density at radius 1 is 1.29 bits per heavy atom. The molecule has 5 heteroatoms. The van der Waals surface area contributed by atoms with Crippen LogP contribution in [-0.4, -0.2) is 4.57 Å². The summed E-state index contributed by atoms with van der Waals surface area (Å²) in [4.78, 5) is 11.3. The zero-order valence-electron chi connectivity index (χ0n) is 8.07. The van der Waals surface area contributed by atoms with Crippen molar-refractivity contribution in [2.75, 3.05) is 0 Å². The topological polar surface area (TPSA) is 22.0 Å². The van der Waals surface area contributed by atoms with Gasteiger partial charge in [0.25, 0.3) is 5.56 Å². The van der Waals surface area contributed by atoms with E-state index in [0.717, 1.165) is 6.07 Å². The van der Waals surface area contributed by atoms with Gasteiger partial charge in [0.2, 0.25) is 0 Å². The van der Waals surface area contributed by atoms with Crippen LogP contribution in [0.25, 0.3) is 0 Å². The Morgan fingerprint density at radius 2 is 1.79 bits per heavy atom. The molecule has 1 aromatic rings. The monoisotopic (exact) mass is 205 g/mol. The van der Waals surface area contributed by atoms with Crippen molar-refractivity contribution in [1.29, 1.82) is 0 Å². The maximum absolute atomic E-state index is 12.4. The molecule has 2 nitrogen and oxygen atoms in total. The van der Waals surface area contributed by atoms with Crippen LogP contribution in [0.3, 0.4) is 0 Å². The van der Waals surface area contributed by atoms with Gasteiger partial charge in [-0.1, -0.05) is 0 Å². The van der Waals surface area contributed by atoms with Crippen LogP contribution < -0.4 is 5.56 Å². The van der Waals surface area contributed by atoms with Crippen LogP contribution in [0.2, 0.25) is 0 Å². The molecular weight excluding hydrogens is 195 g/mol. The number of nitrogens with zero attached hydrogens (tertiary/aromatic N) is 1. The van der Waals surface area contributed by atoms with E-state index in [0.29, 0.717) is 5.69 Å². The highest BCUT2D eigenvalue weighted by Gasteiger charge is 2.33. The van der Waals surface area contributed by atoms with Crippen molar-refractivity contribution in [1.82, 2.24) is 4.57 Å². The number of halogens is 3. The number of aryl methyl sites for hydroxylation is 1. The molecule has 0 aliphatic heterocycles. The van der Waals surface area contributed by atoms with Crippen LogP contribution in [0.15, 0.2) is 10.9 Å². The molecule has 0 atom stereocenters. The molecule has 0 bridgehead atoms. The van der Waals surface area contributed by atoms with Gasteiger partial charge < -0.3 is 4.57 Å². The van der Waals surface area contributed by atoms with Gasteiger partial charge in [0.15, 0.2) is 0 Å². The fourth-order valence-electron chi connectivity index (χ4n) is 1.24. The lowest BCUT2D eigenvalue weighted by atomic mass is 10.1. The van der Waals surface area contributed by atoms with Gasteiger partial charge in [-0.05, 0) is 19.9 Å². The first kappa shape index (κ1) is 10.8. The maximum atomic E-state index is 12.4. The lowest BCUT2D eigenvalue weighted by Gasteiger charge is -2.12. The van der Waals surface area contributed by atoms with E-state index in [2.05, 4.69) is 0 Å². The predicted octanol–water partition coefficient (Wildman–Crippen LogP) is 2.02. The summed E-state index contributed by atoms with van der Waals surface area (Å²) in [6, 6.07) is 0.983. The van der Waals surface area contributed by atoms with Crippen LogP contribution >= 0.6 is 0 Å². The molecule has 0 fully saturated rings. The molecule has 0 saturated heterocycles. The van der Waals surface area contributed by atoms with Crippen molar-refractivity contribution in [2.24, 2.45) is 7.05 Å². The minimum Gasteiger partial charge on any atom is -0.316 e. The van der Waals surface area contributed by atoms with Gasteiger partial charge >= 0.3 is 6.18 Å². The fourth-order valence-corrected chi connectivity index (χ4v) is 1.24. The smallest absolute Gasteiger partial charge is 0.316 e. The Balaban J connectivity index is 3.58. The molecule has 1 aromatic heterocycles. The van der Waals surface area contributed by atoms with Gasteiger partial charge in [-0.3, -0.25) is 4.79 Å². The third-order valence-corrected chi connectivity index (χ3v) is 2.22. The number of hydrogen-bond donors (Lipinski definition) is 0. The van der Waals surface area contributed by atoms with Crippen molar-refractivity contribution in [3.8, 4) is 0 Å². The fraction of sp³-hybridized carbons (Fsp3) is 0.444. The molecule has 0 aliphatic rings. The van der Waals surface area contributed by atoms with Crippen molar-refractivity contribution in [2.45, 2.75) is 20.0 Å². The van der Waals surface area contributed by atoms with Crippen LogP contribution in [0.5, 0.6) is 0 Å². The summed E-state index contributed by atoms with van der Waals surface area (Å²) in [7, 11) is 1.45. The SMILES string of the molecule is Cc1c(C(F)(F)F)cc(C)n(C)c1=O. The Morgan fingerprint density at radius 3 is 2.21 bits per heavy atom. The predicted molar refractivity (Wildman–Crippen MR) is 46.2 cm³/mol. The molecule has 0 unspecified atom stereocenters. The second-order valence-electron chi connectivity index (χ2n) is 3.19. The quantitative estimate of drug-likeness (QED) is 0.635. The average molecular weight is 205 g/mol. The van der Waals surface area contributed by atoms with E-state index in [1.165, 1.54) is 25.5 Å². The zero-order valence-corrected chi connectivity index (χ0v) is 8.07. The zero-order chi connectivity index (χ0) is 11.1. The van der Waals surface area contributed by atoms with Crippen LogP contribution in [0.4, 0.5) is 13.2 Å². The molecule has 0 aliphatic carbocycles. The largest absolute Gasteiger partial charge is 0.416 e. The number of alkyl halides is 3. The highest BCUT2D eigenvalue weighted by Crippen LogP contribution is 2.30. The Labute approximate surface area is 79.0 Å². The van der Waals surface area contributed by atoms with E-state index in [-0.39, 0.29) is 5.56 Å². The minimum absolute atomic E-state index is 0.259. The first-order chi connectivity index (χ1) is 6.25. The van der Waals surface area contributed by atoms with Gasteiger partial charge in [-0.2, -0.15) is 13.2 Å². The van der Waals surface area contributed by atoms with E-state index in [9.17, 15) is 18.0 Å². The Bertz CT molecular complexity index is 417. The molecule has 0 N–H and O–H groups in total. The second kappa shape index (κ2) is 3.15. The van der Waals surface area contributed by atoms with E-state index < -0.39 is 17.3 Å². The molecule has 0 spiro atoms. The van der Waals surface area contributed by atoms with Crippen molar-refractivity contribution < 1.29 is 13.2 Å². The normalized spacial score (nSPS) is 11.9. The highest BCUT2D eigenvalue weighted by atomic mass is 19.4. The van der Waals surface area contributed by atoms with Gasteiger partial charge in [0, 0.05) is 18.3 Å². The third kappa shape index (κ3) is 1.66. The number of hydrogen-bond acceptors (Lipinski definition) is 1. The first-order valence-electron chi connectivity index (χ1n) is 3.99. The summed E-state index contributed by atoms with van der Waals surface area (Å²) in [6.07, 6.45) is -4.46. The van der Waals surface area contributed by atoms with E-state index >= 15 is 0 Å². The Kier molecular flexibility index (Phi) is 2.43. The standard InChI is InChI=1S/C9H10F3NO/c1-5-4-7(9(10,11)12)6(2)8(14)13(5)3/h4H,1-3H3. The van der Waals surface area contributed by atoms with E-state index in [1.54, 1.807) is 0 Å². The molecule has 1 heterocycles. The molecule has 78 valence electrons. The lowest BCUT2D eigenvalue weighted by Crippen LogP contribution is -2.25. The summed E-state index contributed by atoms with van der Waals surface area (Å²) < 4.78 is 38.4. The Hall–Kier alpha value is -1.26. The van der Waals surface area contributed by atoms with Gasteiger partial charge in [-0.15, -0.1) is 0 Å². The molecule has 0 amide bonds. The van der Waals surface area contributed by atoms with Crippen molar-refractivity contribution in [3.63, 3.8) is 0 Å². The average Bonchev–Trinajstić information content (AvgIpc) is 2.06. The minimum atomic E-state index is -4.46. The number of rotatable bonds is 0. The van der Waals surface area contributed by atoms with Crippen LogP contribution in [0, 0.1) is 13.8 Å². The molecule has 0 saturated carbocycles. The second-order valence-corrected chi connectivity index (χ2v) is 3.19. The van der Waals surface area contributed by atoms with Crippen molar-refractivity contribution in [3.05, 3.63) is 33.2 Å². The molecule has 0 aromatic carbocycles. The number of pyridine rings is 1. The summed E-state index contributed by atoms with van der Waals surface area (Å²) in [6.45, 7) is 2.65. The molecule has 14 heavy (non-hydrogen) atoms. The van der Waals surface area contributed by atoms with Crippen LogP contribution in [-0.2, 0) is 13.2 Å². The molecule has 0 radical (unpaired) electrons. The highest BCUT2D eigenvalue weighted by molar-refractivity contribution is 5.28. The maximum Gasteiger partial charge on any atom is 0.416 e. The summed E-state index contributed by atoms with van der Waals surface area (Å²) >= 11 is 0. The van der Waals surface area contributed by atoms with E-state index in [4.69, 9.17) is 0 Å². The lowest BCUT2D eigenvalue weighted by molar-refractivity contribution is -0.138. The van der Waals surface area contributed by atoms with Gasteiger partial charge in [-0.25, -0.2) is 0 Å². The van der Waals surface area contributed by atoms with Crippen molar-refractivity contribution >= 4 is 0 Å². The molecular formula is C9H10F3NO. The summed E-state index contributed by atoms with van der Waals surface area (Å²) in [5.41, 5.74) is -1.41. The summed E-state index contributed by atoms with van der Waals surface area (Å²) in [5.74, 6) is 0. The summed E-state index contributed by atoms with van der Waals surface area (Å²) in [5, 5.41) is 0. The van der Waals surface area contributed by atoms with E-state index in [1.807, 2.05) is 0 Å². The van der Waals surface area contributed by atoms with Gasteiger partial charge in [0.1, 0.15) is 0 Å². The third-order valence-electron chi connectivity index (χ3n) is 2.22. The van der Waals surface area contributed by atoms with Gasteiger partial charge in [0.05, 0.1) is 5.56 Å². The van der Waals surface area contributed by atoms with Crippen LogP contribution in [0.1, 0.15) is 16.8 Å². The number of aromatic nitrogens is 1.